The Bertz CT molecular complexity index is 953. The number of nitrogens with two attached hydrogens (primary N) is 1. The number of fused-ring (bicyclic) bond motifs is 1. The van der Waals surface area contributed by atoms with Gasteiger partial charge in [-0.05, 0) is 17.7 Å². The van der Waals surface area contributed by atoms with Gasteiger partial charge >= 0.3 is 5.69 Å². The van der Waals surface area contributed by atoms with Gasteiger partial charge in [-0.2, -0.15) is 9.97 Å². The molecule has 1 aromatic carbocycles. The summed E-state index contributed by atoms with van der Waals surface area (Å²) in [5.41, 5.74) is 4.47. The molecule has 0 aliphatic heterocycles. The number of halogens is 4. The number of nitrogen functional groups attached to an aromatic ring is 1. The van der Waals surface area contributed by atoms with Gasteiger partial charge in [-0.25, -0.2) is 23.1 Å². The maximum absolute atomic E-state index is 14.0. The highest BCUT2D eigenvalue weighted by atomic mass is 35.5. The van der Waals surface area contributed by atoms with Crippen LogP contribution in [0.4, 0.5) is 14.6 Å². The minimum atomic E-state index is -1.06. The first kappa shape index (κ1) is 14.6. The summed E-state index contributed by atoms with van der Waals surface area (Å²) < 4.78 is 27.8. The van der Waals surface area contributed by atoms with E-state index in [1.807, 2.05) is 0 Å². The summed E-state index contributed by atoms with van der Waals surface area (Å²) in [6, 6.07) is 1.43. The van der Waals surface area contributed by atoms with Crippen molar-refractivity contribution < 1.29 is 8.78 Å². The third-order valence-electron chi connectivity index (χ3n) is 2.85. The quantitative estimate of drug-likeness (QED) is 0.685. The zero-order chi connectivity index (χ0) is 16.0. The van der Waals surface area contributed by atoms with E-state index in [2.05, 4.69) is 15.0 Å². The Labute approximate surface area is 131 Å². The predicted octanol–water partition coefficient (Wildman–Crippen LogP) is 2.34. The molecule has 0 aliphatic rings. The molecule has 0 amide bonds. The molecule has 0 atom stereocenters. The molecule has 2 aromatic heterocycles. The van der Waals surface area contributed by atoms with E-state index in [9.17, 15) is 13.6 Å². The number of hydrogen-bond acceptors (Lipinski definition) is 5. The zero-order valence-corrected chi connectivity index (χ0v) is 12.0. The summed E-state index contributed by atoms with van der Waals surface area (Å²) in [6.45, 7) is 0. The maximum Gasteiger partial charge on any atom is 0.355 e. The van der Waals surface area contributed by atoms with Crippen LogP contribution in [-0.2, 0) is 0 Å². The molecule has 10 heteroatoms. The van der Waals surface area contributed by atoms with Crippen molar-refractivity contribution in [3.05, 3.63) is 50.8 Å². The molecule has 22 heavy (non-hydrogen) atoms. The number of nitrogens with zero attached hydrogens (tertiary/aromatic N) is 4. The molecular formula is C12H5Cl2F2N5O. The van der Waals surface area contributed by atoms with Crippen LogP contribution in [0.1, 0.15) is 0 Å². The highest BCUT2D eigenvalue weighted by Crippen LogP contribution is 2.27. The van der Waals surface area contributed by atoms with E-state index in [1.165, 1.54) is 6.20 Å². The van der Waals surface area contributed by atoms with Crippen LogP contribution in [0.5, 0.6) is 0 Å². The molecule has 0 unspecified atom stereocenters. The fraction of sp³-hybridized carbons (Fsp3) is 0. The van der Waals surface area contributed by atoms with Gasteiger partial charge in [0.05, 0.1) is 10.4 Å². The van der Waals surface area contributed by atoms with Gasteiger partial charge in [-0.1, -0.05) is 11.6 Å². The highest BCUT2D eigenvalue weighted by molar-refractivity contribution is 6.32. The molecule has 0 radical (unpaired) electrons. The monoisotopic (exact) mass is 343 g/mol. The zero-order valence-electron chi connectivity index (χ0n) is 10.5. The second kappa shape index (κ2) is 5.15. The van der Waals surface area contributed by atoms with Crippen LogP contribution in [0, 0.1) is 11.6 Å². The average Bonchev–Trinajstić information content (AvgIpc) is 2.40. The van der Waals surface area contributed by atoms with Gasteiger partial charge in [0, 0.05) is 12.3 Å². The Morgan fingerprint density at radius 2 is 1.91 bits per heavy atom. The fourth-order valence-electron chi connectivity index (χ4n) is 1.95. The molecule has 0 aliphatic carbocycles. The van der Waals surface area contributed by atoms with Gasteiger partial charge in [0.15, 0.2) is 11.5 Å². The van der Waals surface area contributed by atoms with Crippen molar-refractivity contribution in [3.8, 4) is 5.69 Å². The molecule has 112 valence electrons. The number of benzene rings is 1. The van der Waals surface area contributed by atoms with E-state index in [-0.39, 0.29) is 27.2 Å². The minimum absolute atomic E-state index is 0.0441. The lowest BCUT2D eigenvalue weighted by Gasteiger charge is -2.13. The Hall–Kier alpha value is -2.32. The molecule has 0 bridgehead atoms. The lowest BCUT2D eigenvalue weighted by Crippen LogP contribution is -2.26. The van der Waals surface area contributed by atoms with Gasteiger partial charge in [0.2, 0.25) is 5.28 Å². The second-order valence-electron chi connectivity index (χ2n) is 4.21. The standard InChI is InChI=1S/C12H5Cl2F2N5O/c13-6-1-4(15)2-7(16)8(6)21-9(17)5-3-18-11(14)19-10(5)20-12(21)22/h1-3H,17H2. The van der Waals surface area contributed by atoms with Crippen molar-refractivity contribution in [3.63, 3.8) is 0 Å². The van der Waals surface area contributed by atoms with E-state index in [4.69, 9.17) is 28.9 Å². The van der Waals surface area contributed by atoms with Gasteiger partial charge in [-0.3, -0.25) is 0 Å². The fourth-order valence-corrected chi connectivity index (χ4v) is 2.35. The third kappa shape index (κ3) is 2.26. The summed E-state index contributed by atoms with van der Waals surface area (Å²) in [6.07, 6.45) is 1.23. The maximum atomic E-state index is 14.0. The lowest BCUT2D eigenvalue weighted by atomic mass is 10.2. The largest absolute Gasteiger partial charge is 0.384 e. The first-order valence-corrected chi connectivity index (χ1v) is 6.50. The normalized spacial score (nSPS) is 11.1. The van der Waals surface area contributed by atoms with Gasteiger partial charge in [0.25, 0.3) is 0 Å². The van der Waals surface area contributed by atoms with Crippen molar-refractivity contribution in [2.75, 3.05) is 5.73 Å². The summed E-state index contributed by atoms with van der Waals surface area (Å²) in [7, 11) is 0. The van der Waals surface area contributed by atoms with Crippen molar-refractivity contribution in [2.45, 2.75) is 0 Å². The van der Waals surface area contributed by atoms with E-state index in [0.29, 0.717) is 6.07 Å². The van der Waals surface area contributed by atoms with Crippen LogP contribution >= 0.6 is 23.2 Å². The summed E-state index contributed by atoms with van der Waals surface area (Å²) in [5.74, 6) is -2.14. The highest BCUT2D eigenvalue weighted by Gasteiger charge is 2.19. The second-order valence-corrected chi connectivity index (χ2v) is 4.95. The molecule has 0 fully saturated rings. The van der Waals surface area contributed by atoms with Crippen LogP contribution in [0.2, 0.25) is 10.3 Å². The van der Waals surface area contributed by atoms with Crippen molar-refractivity contribution in [1.82, 2.24) is 19.5 Å². The first-order valence-electron chi connectivity index (χ1n) is 5.74. The van der Waals surface area contributed by atoms with Crippen molar-refractivity contribution in [1.29, 1.82) is 0 Å². The van der Waals surface area contributed by atoms with E-state index >= 15 is 0 Å². The Kier molecular flexibility index (Phi) is 3.42. The van der Waals surface area contributed by atoms with E-state index < -0.39 is 23.0 Å². The van der Waals surface area contributed by atoms with Crippen LogP contribution < -0.4 is 11.4 Å². The summed E-state index contributed by atoms with van der Waals surface area (Å²) in [4.78, 5) is 23.2. The minimum Gasteiger partial charge on any atom is -0.384 e. The Balaban J connectivity index is 2.42. The van der Waals surface area contributed by atoms with Gasteiger partial charge in [-0.15, -0.1) is 0 Å². The number of hydrogen-bond donors (Lipinski definition) is 1. The van der Waals surface area contributed by atoms with Crippen LogP contribution in [0.25, 0.3) is 16.7 Å². The molecule has 2 heterocycles. The van der Waals surface area contributed by atoms with Crippen LogP contribution in [-0.4, -0.2) is 19.5 Å². The van der Waals surface area contributed by atoms with Crippen molar-refractivity contribution >= 4 is 40.1 Å². The first-order chi connectivity index (χ1) is 10.4. The summed E-state index contributed by atoms with van der Waals surface area (Å²) >= 11 is 11.4. The SMILES string of the molecule is Nc1c2cnc(Cl)nc2nc(=O)n1-c1c(F)cc(F)cc1Cl. The number of anilines is 1. The molecular weight excluding hydrogens is 339 g/mol. The third-order valence-corrected chi connectivity index (χ3v) is 3.32. The van der Waals surface area contributed by atoms with Gasteiger partial charge in [0.1, 0.15) is 17.3 Å². The molecule has 0 saturated heterocycles. The molecule has 3 aromatic rings. The van der Waals surface area contributed by atoms with E-state index in [1.54, 1.807) is 0 Å². The van der Waals surface area contributed by atoms with Crippen LogP contribution in [0.3, 0.4) is 0 Å². The molecule has 3 rings (SSSR count). The van der Waals surface area contributed by atoms with Crippen molar-refractivity contribution in [2.24, 2.45) is 0 Å². The Morgan fingerprint density at radius 1 is 1.18 bits per heavy atom. The predicted molar refractivity (Wildman–Crippen MR) is 77.3 cm³/mol. The number of aromatic nitrogens is 4. The molecule has 0 spiro atoms. The average molecular weight is 344 g/mol. The van der Waals surface area contributed by atoms with Crippen LogP contribution in [0.15, 0.2) is 23.1 Å². The topological polar surface area (TPSA) is 86.7 Å². The molecule has 6 nitrogen and oxygen atoms in total. The molecule has 2 N–H and O–H groups in total. The lowest BCUT2D eigenvalue weighted by molar-refractivity contribution is 0.576. The molecule has 0 saturated carbocycles. The van der Waals surface area contributed by atoms with E-state index in [0.717, 1.165) is 10.6 Å². The summed E-state index contributed by atoms with van der Waals surface area (Å²) in [5, 5.41) is -0.284. The Morgan fingerprint density at radius 3 is 2.59 bits per heavy atom. The number of rotatable bonds is 1. The smallest absolute Gasteiger partial charge is 0.355 e. The van der Waals surface area contributed by atoms with Gasteiger partial charge < -0.3 is 5.73 Å².